The maximum Gasteiger partial charge on any atom is 0.147 e. The Bertz CT molecular complexity index is 287. The summed E-state index contributed by atoms with van der Waals surface area (Å²) in [6, 6.07) is 0.0717. The molecule has 0 bridgehead atoms. The molecule has 90 valence electrons. The molecule has 0 heterocycles. The quantitative estimate of drug-likeness (QED) is 0.802. The van der Waals surface area contributed by atoms with E-state index in [2.05, 4.69) is 6.92 Å². The molecule has 1 aliphatic carbocycles. The zero-order valence-corrected chi connectivity index (χ0v) is 10.6. The minimum Gasteiger partial charge on any atom is -0.327 e. The largest absolute Gasteiger partial charge is 0.327 e. The van der Waals surface area contributed by atoms with Gasteiger partial charge in [-0.25, -0.2) is 8.42 Å². The number of rotatable bonds is 4. The van der Waals surface area contributed by atoms with Crippen molar-refractivity contribution < 1.29 is 8.42 Å². The summed E-state index contributed by atoms with van der Waals surface area (Å²) in [4.78, 5) is 0. The maximum absolute atomic E-state index is 11.0. The fourth-order valence-electron chi connectivity index (χ4n) is 2.46. The van der Waals surface area contributed by atoms with E-state index in [0.717, 1.165) is 5.92 Å². The van der Waals surface area contributed by atoms with Crippen LogP contribution in [0.5, 0.6) is 0 Å². The van der Waals surface area contributed by atoms with Crippen molar-refractivity contribution in [2.45, 2.75) is 45.1 Å². The summed E-state index contributed by atoms with van der Waals surface area (Å²) in [6.07, 6.45) is 6.80. The molecule has 0 aromatic rings. The molecule has 2 N–H and O–H groups in total. The van der Waals surface area contributed by atoms with Gasteiger partial charge in [0, 0.05) is 12.3 Å². The number of hydrogen-bond donors (Lipinski definition) is 1. The molecule has 3 unspecified atom stereocenters. The third kappa shape index (κ3) is 4.98. The van der Waals surface area contributed by atoms with Gasteiger partial charge in [-0.3, -0.25) is 0 Å². The Morgan fingerprint density at radius 2 is 2.07 bits per heavy atom. The lowest BCUT2D eigenvalue weighted by molar-refractivity contribution is 0.243. The molecule has 1 rings (SSSR count). The predicted molar refractivity (Wildman–Crippen MR) is 63.4 cm³/mol. The number of hydrogen-bond acceptors (Lipinski definition) is 3. The molecule has 1 saturated carbocycles. The van der Waals surface area contributed by atoms with Crippen molar-refractivity contribution >= 4 is 9.84 Å². The lowest BCUT2D eigenvalue weighted by Crippen LogP contribution is -2.34. The Morgan fingerprint density at radius 3 is 2.60 bits per heavy atom. The van der Waals surface area contributed by atoms with Crippen molar-refractivity contribution in [3.8, 4) is 0 Å². The van der Waals surface area contributed by atoms with Crippen LogP contribution >= 0.6 is 0 Å². The van der Waals surface area contributed by atoms with E-state index in [-0.39, 0.29) is 11.8 Å². The monoisotopic (exact) mass is 233 g/mol. The van der Waals surface area contributed by atoms with Crippen molar-refractivity contribution in [1.82, 2.24) is 0 Å². The van der Waals surface area contributed by atoms with Gasteiger partial charge in [0.2, 0.25) is 0 Å². The van der Waals surface area contributed by atoms with E-state index in [0.29, 0.717) is 12.3 Å². The van der Waals surface area contributed by atoms with Gasteiger partial charge in [0.15, 0.2) is 0 Å². The molecule has 15 heavy (non-hydrogen) atoms. The van der Waals surface area contributed by atoms with Crippen molar-refractivity contribution in [1.29, 1.82) is 0 Å². The molecular weight excluding hydrogens is 210 g/mol. The molecule has 0 aliphatic heterocycles. The summed E-state index contributed by atoms with van der Waals surface area (Å²) < 4.78 is 22.1. The summed E-state index contributed by atoms with van der Waals surface area (Å²) in [5.41, 5.74) is 6.05. The molecular formula is C11H23NO2S. The van der Waals surface area contributed by atoms with E-state index in [1.165, 1.54) is 31.9 Å². The lowest BCUT2D eigenvalue weighted by Gasteiger charge is -2.31. The average molecular weight is 233 g/mol. The van der Waals surface area contributed by atoms with E-state index >= 15 is 0 Å². The molecule has 0 aromatic heterocycles. The van der Waals surface area contributed by atoms with Crippen molar-refractivity contribution in [3.05, 3.63) is 0 Å². The molecule has 0 amide bonds. The molecule has 0 spiro atoms. The second kappa shape index (κ2) is 5.30. The molecule has 0 aromatic carbocycles. The standard InChI is InChI=1S/C11H23NO2S/c1-9-4-3-5-10(8-9)11(12)6-7-15(2,13)14/h9-11H,3-8,12H2,1-2H3. The SMILES string of the molecule is CC1CCCC(C(N)CCS(C)(=O)=O)C1. The highest BCUT2D eigenvalue weighted by molar-refractivity contribution is 7.90. The van der Waals surface area contributed by atoms with Gasteiger partial charge in [0.05, 0.1) is 5.75 Å². The highest BCUT2D eigenvalue weighted by atomic mass is 32.2. The molecule has 3 nitrogen and oxygen atoms in total. The van der Waals surface area contributed by atoms with Gasteiger partial charge >= 0.3 is 0 Å². The smallest absolute Gasteiger partial charge is 0.147 e. The normalized spacial score (nSPS) is 30.1. The predicted octanol–water partition coefficient (Wildman–Crippen LogP) is 1.57. The zero-order chi connectivity index (χ0) is 11.5. The van der Waals surface area contributed by atoms with Crippen LogP contribution in [0.25, 0.3) is 0 Å². The van der Waals surface area contributed by atoms with Crippen LogP contribution in [0.15, 0.2) is 0 Å². The van der Waals surface area contributed by atoms with Gasteiger partial charge in [-0.2, -0.15) is 0 Å². The topological polar surface area (TPSA) is 60.2 Å². The summed E-state index contributed by atoms with van der Waals surface area (Å²) in [5.74, 6) is 1.53. The zero-order valence-electron chi connectivity index (χ0n) is 9.78. The number of nitrogens with two attached hydrogens (primary N) is 1. The van der Waals surface area contributed by atoms with Crippen LogP contribution in [0.1, 0.15) is 39.0 Å². The summed E-state index contributed by atoms with van der Waals surface area (Å²) in [5, 5.41) is 0. The third-order valence-corrected chi connectivity index (χ3v) is 4.38. The fraction of sp³-hybridized carbons (Fsp3) is 1.00. The van der Waals surface area contributed by atoms with E-state index in [9.17, 15) is 8.42 Å². The van der Waals surface area contributed by atoms with E-state index in [4.69, 9.17) is 5.73 Å². The van der Waals surface area contributed by atoms with Gasteiger partial charge in [-0.05, 0) is 31.1 Å². The minimum atomic E-state index is -2.85. The Hall–Kier alpha value is -0.0900. The Morgan fingerprint density at radius 1 is 1.40 bits per heavy atom. The average Bonchev–Trinajstić information content (AvgIpc) is 2.13. The number of sulfone groups is 1. The lowest BCUT2D eigenvalue weighted by atomic mass is 9.78. The van der Waals surface area contributed by atoms with Gasteiger partial charge in [0.25, 0.3) is 0 Å². The highest BCUT2D eigenvalue weighted by Crippen LogP contribution is 2.31. The summed E-state index contributed by atoms with van der Waals surface area (Å²) in [7, 11) is -2.85. The van der Waals surface area contributed by atoms with Gasteiger partial charge in [0.1, 0.15) is 9.84 Å². The van der Waals surface area contributed by atoms with Crippen molar-refractivity contribution in [2.24, 2.45) is 17.6 Å². The van der Waals surface area contributed by atoms with Crippen LogP contribution in [-0.2, 0) is 9.84 Å². The molecule has 1 aliphatic rings. The summed E-state index contributed by atoms with van der Waals surface area (Å²) in [6.45, 7) is 2.26. The van der Waals surface area contributed by atoms with Crippen LogP contribution in [0.4, 0.5) is 0 Å². The van der Waals surface area contributed by atoms with E-state index in [1.54, 1.807) is 0 Å². The fourth-order valence-corrected chi connectivity index (χ4v) is 3.16. The first kappa shape index (κ1) is 13.0. The Labute approximate surface area is 93.3 Å². The first-order valence-corrected chi connectivity index (χ1v) is 7.88. The highest BCUT2D eigenvalue weighted by Gasteiger charge is 2.24. The van der Waals surface area contributed by atoms with E-state index in [1.807, 2.05) is 0 Å². The second-order valence-electron chi connectivity index (χ2n) is 5.11. The molecule has 0 saturated heterocycles. The Kier molecular flexibility index (Phi) is 4.59. The first-order valence-electron chi connectivity index (χ1n) is 5.82. The third-order valence-electron chi connectivity index (χ3n) is 3.40. The van der Waals surface area contributed by atoms with Crippen LogP contribution in [0.2, 0.25) is 0 Å². The van der Waals surface area contributed by atoms with Gasteiger partial charge in [-0.1, -0.05) is 19.8 Å². The van der Waals surface area contributed by atoms with Crippen LogP contribution in [0, 0.1) is 11.8 Å². The van der Waals surface area contributed by atoms with E-state index < -0.39 is 9.84 Å². The summed E-state index contributed by atoms with van der Waals surface area (Å²) >= 11 is 0. The van der Waals surface area contributed by atoms with Crippen LogP contribution in [-0.4, -0.2) is 26.5 Å². The van der Waals surface area contributed by atoms with Crippen molar-refractivity contribution in [3.63, 3.8) is 0 Å². The Balaban J connectivity index is 2.36. The van der Waals surface area contributed by atoms with Crippen LogP contribution in [0.3, 0.4) is 0 Å². The van der Waals surface area contributed by atoms with Crippen molar-refractivity contribution in [2.75, 3.05) is 12.0 Å². The van der Waals surface area contributed by atoms with Gasteiger partial charge < -0.3 is 5.73 Å². The molecule has 1 fully saturated rings. The van der Waals surface area contributed by atoms with Crippen LogP contribution < -0.4 is 5.73 Å². The minimum absolute atomic E-state index is 0.0717. The first-order chi connectivity index (χ1) is 6.88. The van der Waals surface area contributed by atoms with Gasteiger partial charge in [-0.15, -0.1) is 0 Å². The molecule has 4 heteroatoms. The molecule has 3 atom stereocenters. The molecule has 0 radical (unpaired) electrons. The second-order valence-corrected chi connectivity index (χ2v) is 7.37. The maximum atomic E-state index is 11.0.